The molecule has 2 atom stereocenters. The zero-order valence-electron chi connectivity index (χ0n) is 21.1. The summed E-state index contributed by atoms with van der Waals surface area (Å²) in [4.78, 5) is 38.7. The summed E-state index contributed by atoms with van der Waals surface area (Å²) in [6.45, 7) is 5.65. The van der Waals surface area contributed by atoms with Crippen LogP contribution < -0.4 is 10.6 Å². The van der Waals surface area contributed by atoms with Gasteiger partial charge in [0.15, 0.2) is 0 Å². The number of carbonyl (C=O) groups excluding carboxylic acids is 3. The van der Waals surface area contributed by atoms with Gasteiger partial charge in [-0.3, -0.25) is 20.4 Å². The smallest absolute Gasteiger partial charge is 0.413 e. The predicted octanol–water partition coefficient (Wildman–Crippen LogP) is 3.70. The van der Waals surface area contributed by atoms with Gasteiger partial charge in [0, 0.05) is 18.7 Å². The Bertz CT molecular complexity index is 1170. The molecule has 194 valence electrons. The van der Waals surface area contributed by atoms with Crippen LogP contribution >= 0.6 is 0 Å². The van der Waals surface area contributed by atoms with E-state index in [9.17, 15) is 19.6 Å². The Kier molecular flexibility index (Phi) is 8.85. The molecule has 2 aromatic carbocycles. The minimum absolute atomic E-state index is 0.0973. The molecule has 0 aromatic heterocycles. The monoisotopic (exact) mass is 505 g/mol. The number of carbonyl (C=O) groups is 3. The lowest BCUT2D eigenvalue weighted by Gasteiger charge is -2.28. The molecule has 1 aliphatic heterocycles. The molecule has 0 spiro atoms. The largest absolute Gasteiger partial charge is 0.444 e. The van der Waals surface area contributed by atoms with Crippen molar-refractivity contribution in [1.29, 1.82) is 10.7 Å². The molecule has 3 amide bonds. The Morgan fingerprint density at radius 1 is 1.08 bits per heavy atom. The van der Waals surface area contributed by atoms with Crippen molar-refractivity contribution in [2.45, 2.75) is 52.0 Å². The molecule has 3 rings (SSSR count). The molecular formula is C27H31N5O5. The van der Waals surface area contributed by atoms with Gasteiger partial charge in [-0.2, -0.15) is 5.26 Å². The van der Waals surface area contributed by atoms with Crippen LogP contribution in [0.15, 0.2) is 54.6 Å². The number of rotatable bonds is 6. The van der Waals surface area contributed by atoms with Crippen LogP contribution in [0.25, 0.3) is 0 Å². The SMILES string of the molecule is CC(C)(C)OC(=O)N1C[C@H](C#N)C[C@H]1C(=O)NCc1ccc(C(=N)NC(=O)OCc2ccccc2)cc1. The van der Waals surface area contributed by atoms with Gasteiger partial charge in [0.25, 0.3) is 0 Å². The lowest BCUT2D eigenvalue weighted by molar-refractivity contribution is -0.125. The molecular weight excluding hydrogens is 474 g/mol. The van der Waals surface area contributed by atoms with E-state index >= 15 is 0 Å². The number of likely N-dealkylation sites (tertiary alicyclic amines) is 1. The highest BCUT2D eigenvalue weighted by Gasteiger charge is 2.41. The van der Waals surface area contributed by atoms with Crippen LogP contribution in [0.4, 0.5) is 9.59 Å². The first-order chi connectivity index (χ1) is 17.6. The molecule has 0 radical (unpaired) electrons. The van der Waals surface area contributed by atoms with Gasteiger partial charge in [-0.15, -0.1) is 0 Å². The van der Waals surface area contributed by atoms with Gasteiger partial charge in [-0.05, 0) is 38.3 Å². The van der Waals surface area contributed by atoms with Crippen molar-refractivity contribution in [2.75, 3.05) is 6.54 Å². The van der Waals surface area contributed by atoms with Crippen molar-refractivity contribution in [3.63, 3.8) is 0 Å². The van der Waals surface area contributed by atoms with Gasteiger partial charge in [0.1, 0.15) is 24.1 Å². The third-order valence-corrected chi connectivity index (χ3v) is 5.56. The molecule has 1 heterocycles. The summed E-state index contributed by atoms with van der Waals surface area (Å²) in [6.07, 6.45) is -1.11. The predicted molar refractivity (Wildman–Crippen MR) is 135 cm³/mol. The van der Waals surface area contributed by atoms with Crippen molar-refractivity contribution in [1.82, 2.24) is 15.5 Å². The number of nitrogens with one attached hydrogen (secondary N) is 3. The molecule has 0 bridgehead atoms. The molecule has 0 saturated carbocycles. The maximum absolute atomic E-state index is 12.9. The first kappa shape index (κ1) is 27.2. The van der Waals surface area contributed by atoms with Crippen LogP contribution in [0, 0.1) is 22.7 Å². The Balaban J connectivity index is 1.51. The van der Waals surface area contributed by atoms with E-state index in [1.54, 1.807) is 45.0 Å². The number of benzene rings is 2. The van der Waals surface area contributed by atoms with E-state index < -0.39 is 29.7 Å². The van der Waals surface area contributed by atoms with Crippen molar-refractivity contribution in [3.05, 3.63) is 71.3 Å². The maximum Gasteiger partial charge on any atom is 0.413 e. The third-order valence-electron chi connectivity index (χ3n) is 5.56. The summed E-state index contributed by atoms with van der Waals surface area (Å²) in [5.41, 5.74) is 1.35. The second kappa shape index (κ2) is 12.0. The van der Waals surface area contributed by atoms with Crippen molar-refractivity contribution in [2.24, 2.45) is 5.92 Å². The molecule has 1 aliphatic rings. The lowest BCUT2D eigenvalue weighted by Crippen LogP contribution is -2.47. The fourth-order valence-electron chi connectivity index (χ4n) is 3.73. The highest BCUT2D eigenvalue weighted by Crippen LogP contribution is 2.25. The highest BCUT2D eigenvalue weighted by atomic mass is 16.6. The lowest BCUT2D eigenvalue weighted by atomic mass is 10.1. The van der Waals surface area contributed by atoms with Gasteiger partial charge < -0.3 is 14.8 Å². The Labute approximate surface area is 216 Å². The van der Waals surface area contributed by atoms with E-state index in [1.165, 1.54) is 4.90 Å². The maximum atomic E-state index is 12.9. The summed E-state index contributed by atoms with van der Waals surface area (Å²) in [5.74, 6) is -0.932. The number of amides is 3. The second-order valence-electron chi connectivity index (χ2n) is 9.69. The average molecular weight is 506 g/mol. The van der Waals surface area contributed by atoms with E-state index in [-0.39, 0.29) is 37.9 Å². The van der Waals surface area contributed by atoms with E-state index in [0.717, 1.165) is 11.1 Å². The molecule has 3 N–H and O–H groups in total. The van der Waals surface area contributed by atoms with Crippen LogP contribution in [-0.4, -0.2) is 47.0 Å². The zero-order chi connectivity index (χ0) is 27.0. The summed E-state index contributed by atoms with van der Waals surface area (Å²) >= 11 is 0. The van der Waals surface area contributed by atoms with Gasteiger partial charge >= 0.3 is 12.2 Å². The van der Waals surface area contributed by atoms with E-state index in [4.69, 9.17) is 14.9 Å². The number of hydrogen-bond acceptors (Lipinski definition) is 7. The first-order valence-corrected chi connectivity index (χ1v) is 11.9. The summed E-state index contributed by atoms with van der Waals surface area (Å²) in [7, 11) is 0. The number of nitrogens with zero attached hydrogens (tertiary/aromatic N) is 2. The minimum Gasteiger partial charge on any atom is -0.444 e. The van der Waals surface area contributed by atoms with Crippen LogP contribution in [0.5, 0.6) is 0 Å². The summed E-state index contributed by atoms with van der Waals surface area (Å²) in [5, 5.41) is 22.6. The third kappa shape index (κ3) is 8.07. The number of alkyl carbamates (subject to hydrolysis) is 1. The number of nitriles is 1. The number of hydrogen-bond donors (Lipinski definition) is 3. The molecule has 37 heavy (non-hydrogen) atoms. The summed E-state index contributed by atoms with van der Waals surface area (Å²) in [6, 6.07) is 17.3. The minimum atomic E-state index is -0.793. The Morgan fingerprint density at radius 2 is 1.76 bits per heavy atom. The fraction of sp³-hybridized carbons (Fsp3) is 0.370. The fourth-order valence-corrected chi connectivity index (χ4v) is 3.73. The van der Waals surface area contributed by atoms with Crippen LogP contribution in [0.1, 0.15) is 43.9 Å². The zero-order valence-corrected chi connectivity index (χ0v) is 21.1. The first-order valence-electron chi connectivity index (χ1n) is 11.9. The molecule has 2 aromatic rings. The Hall–Kier alpha value is -4.39. The summed E-state index contributed by atoms with van der Waals surface area (Å²) < 4.78 is 10.5. The standard InChI is InChI=1S/C27H31N5O5/c1-27(2,3)37-26(35)32-16-20(14-28)13-22(32)24(33)30-15-18-9-11-21(12-10-18)23(29)31-25(34)36-17-19-7-5-4-6-8-19/h4-12,20,22H,13,15-17H2,1-3H3,(H,30,33)(H2,29,31,34)/t20-,22-/m0/s1. The van der Waals surface area contributed by atoms with Crippen LogP contribution in [-0.2, 0) is 27.4 Å². The quantitative estimate of drug-likeness (QED) is 0.403. The normalized spacial score (nSPS) is 16.9. The molecule has 10 nitrogen and oxygen atoms in total. The van der Waals surface area contributed by atoms with Crippen molar-refractivity contribution < 1.29 is 23.9 Å². The highest BCUT2D eigenvalue weighted by molar-refractivity contribution is 6.04. The molecule has 0 aliphatic carbocycles. The van der Waals surface area contributed by atoms with Gasteiger partial charge in [-0.1, -0.05) is 54.6 Å². The second-order valence-corrected chi connectivity index (χ2v) is 9.69. The van der Waals surface area contributed by atoms with Crippen molar-refractivity contribution in [3.8, 4) is 6.07 Å². The van der Waals surface area contributed by atoms with Gasteiger partial charge in [0.05, 0.1) is 12.0 Å². The van der Waals surface area contributed by atoms with Crippen molar-refractivity contribution >= 4 is 23.9 Å². The average Bonchev–Trinajstić information content (AvgIpc) is 3.31. The number of amidine groups is 1. The number of ether oxygens (including phenoxy) is 2. The van der Waals surface area contributed by atoms with Gasteiger partial charge in [-0.25, -0.2) is 9.59 Å². The van der Waals surface area contributed by atoms with E-state index in [0.29, 0.717) is 5.56 Å². The van der Waals surface area contributed by atoms with E-state index in [1.807, 2.05) is 30.3 Å². The van der Waals surface area contributed by atoms with Crippen LogP contribution in [0.3, 0.4) is 0 Å². The molecule has 0 unspecified atom stereocenters. The molecule has 1 saturated heterocycles. The topological polar surface area (TPSA) is 145 Å². The van der Waals surface area contributed by atoms with Crippen LogP contribution in [0.2, 0.25) is 0 Å². The molecule has 1 fully saturated rings. The Morgan fingerprint density at radius 3 is 2.38 bits per heavy atom. The van der Waals surface area contributed by atoms with E-state index in [2.05, 4.69) is 16.7 Å². The van der Waals surface area contributed by atoms with Gasteiger partial charge in [0.2, 0.25) is 5.91 Å². The molecule has 10 heteroatoms.